The Morgan fingerprint density at radius 2 is 1.72 bits per heavy atom. The number of benzene rings is 1. The molecule has 3 aromatic rings. The second-order valence-electron chi connectivity index (χ2n) is 9.27. The summed E-state index contributed by atoms with van der Waals surface area (Å²) in [6.07, 6.45) is 8.89. The third-order valence-corrected chi connectivity index (χ3v) is 6.28. The van der Waals surface area contributed by atoms with Crippen molar-refractivity contribution < 1.29 is 4.79 Å². The highest BCUT2D eigenvalue weighted by molar-refractivity contribution is 5.84. The number of amides is 1. The second kappa shape index (κ2) is 10.0. The number of aromatic nitrogens is 2. The summed E-state index contributed by atoms with van der Waals surface area (Å²) in [7, 11) is 0. The predicted molar refractivity (Wildman–Crippen MR) is 128 cm³/mol. The molecule has 1 aromatic carbocycles. The van der Waals surface area contributed by atoms with Crippen LogP contribution in [0.2, 0.25) is 0 Å². The van der Waals surface area contributed by atoms with E-state index < -0.39 is 5.41 Å². The van der Waals surface area contributed by atoms with Crippen LogP contribution < -0.4 is 5.32 Å². The molecule has 0 radical (unpaired) electrons. The highest BCUT2D eigenvalue weighted by atomic mass is 16.2. The van der Waals surface area contributed by atoms with E-state index in [2.05, 4.69) is 70.4 Å². The first-order chi connectivity index (χ1) is 15.6. The number of pyridine rings is 2. The van der Waals surface area contributed by atoms with E-state index in [0.717, 1.165) is 38.0 Å². The summed E-state index contributed by atoms with van der Waals surface area (Å²) in [6.45, 7) is 7.48. The number of nitrogens with zero attached hydrogens (tertiary/aromatic N) is 3. The lowest BCUT2D eigenvalue weighted by atomic mass is 9.78. The minimum atomic E-state index is -0.439. The van der Waals surface area contributed by atoms with Crippen LogP contribution in [-0.2, 0) is 17.8 Å². The molecular formula is C27H32N4O. The maximum Gasteiger partial charge on any atom is 0.227 e. The summed E-state index contributed by atoms with van der Waals surface area (Å²) in [5.41, 5.74) is 4.32. The molecule has 1 atom stereocenters. The van der Waals surface area contributed by atoms with Gasteiger partial charge in [0.15, 0.2) is 0 Å². The molecule has 0 saturated carbocycles. The quantitative estimate of drug-likeness (QED) is 0.579. The Morgan fingerprint density at radius 3 is 2.44 bits per heavy atom. The maximum absolute atomic E-state index is 13.6. The lowest BCUT2D eigenvalue weighted by Gasteiger charge is -2.30. The van der Waals surface area contributed by atoms with Crippen LogP contribution in [0.3, 0.4) is 0 Å². The van der Waals surface area contributed by atoms with E-state index >= 15 is 0 Å². The van der Waals surface area contributed by atoms with Crippen molar-refractivity contribution in [1.29, 1.82) is 0 Å². The summed E-state index contributed by atoms with van der Waals surface area (Å²) in [4.78, 5) is 24.3. The van der Waals surface area contributed by atoms with Crippen LogP contribution in [0.25, 0.3) is 11.1 Å². The van der Waals surface area contributed by atoms with Crippen molar-refractivity contribution in [1.82, 2.24) is 20.2 Å². The van der Waals surface area contributed by atoms with Crippen molar-refractivity contribution in [2.24, 2.45) is 11.3 Å². The first-order valence-electron chi connectivity index (χ1n) is 11.4. The molecular weight excluding hydrogens is 396 g/mol. The lowest BCUT2D eigenvalue weighted by Crippen LogP contribution is -2.45. The van der Waals surface area contributed by atoms with Crippen LogP contribution in [0.5, 0.6) is 0 Å². The van der Waals surface area contributed by atoms with Gasteiger partial charge in [0, 0.05) is 44.4 Å². The molecule has 1 aliphatic heterocycles. The molecule has 1 fully saturated rings. The second-order valence-corrected chi connectivity index (χ2v) is 9.27. The number of carbonyl (C=O) groups is 1. The van der Waals surface area contributed by atoms with Gasteiger partial charge < -0.3 is 5.32 Å². The number of rotatable bonds is 8. The normalized spacial score (nSPS) is 18.7. The number of hydrogen-bond donors (Lipinski definition) is 1. The van der Waals surface area contributed by atoms with E-state index in [1.54, 1.807) is 0 Å². The molecule has 3 heterocycles. The fourth-order valence-corrected chi connectivity index (χ4v) is 4.59. The first kappa shape index (κ1) is 22.2. The lowest BCUT2D eigenvalue weighted by molar-refractivity contribution is -0.130. The van der Waals surface area contributed by atoms with Gasteiger partial charge in [0.2, 0.25) is 5.91 Å². The highest BCUT2D eigenvalue weighted by Crippen LogP contribution is 2.38. The summed E-state index contributed by atoms with van der Waals surface area (Å²) < 4.78 is 0. The van der Waals surface area contributed by atoms with Gasteiger partial charge in [-0.15, -0.1) is 0 Å². The van der Waals surface area contributed by atoms with Crippen LogP contribution in [0.15, 0.2) is 73.3 Å². The van der Waals surface area contributed by atoms with Crippen molar-refractivity contribution in [2.45, 2.75) is 33.2 Å². The van der Waals surface area contributed by atoms with Crippen molar-refractivity contribution in [3.8, 4) is 11.1 Å². The molecule has 5 nitrogen and oxygen atoms in total. The molecule has 0 spiro atoms. The highest BCUT2D eigenvalue weighted by Gasteiger charge is 2.44. The first-order valence-corrected chi connectivity index (χ1v) is 11.4. The summed E-state index contributed by atoms with van der Waals surface area (Å²) in [5.74, 6) is 0.599. The SMILES string of the molecule is CC(C)CNC(=O)C1(Cc2ccccc2-c2ccncc2)CCN(Cc2ccncc2)C1. The number of likely N-dealkylation sites (tertiary alicyclic amines) is 1. The standard InChI is InChI=1S/C27H32N4O/c1-21(2)18-30-26(32)27(11-16-31(20-27)19-22-7-12-28-13-8-22)17-24-5-3-4-6-25(24)23-9-14-29-15-10-23/h3-10,12-15,21H,11,16-20H2,1-2H3,(H,30,32). The Labute approximate surface area is 190 Å². The molecule has 1 amide bonds. The molecule has 32 heavy (non-hydrogen) atoms. The zero-order chi connectivity index (χ0) is 22.4. The van der Waals surface area contributed by atoms with Crippen LogP contribution in [0.1, 0.15) is 31.4 Å². The van der Waals surface area contributed by atoms with Gasteiger partial charge in [-0.25, -0.2) is 0 Å². The van der Waals surface area contributed by atoms with Gasteiger partial charge in [0.25, 0.3) is 0 Å². The van der Waals surface area contributed by atoms with Gasteiger partial charge in [0.05, 0.1) is 5.41 Å². The van der Waals surface area contributed by atoms with Gasteiger partial charge >= 0.3 is 0 Å². The average Bonchev–Trinajstić information content (AvgIpc) is 3.22. The van der Waals surface area contributed by atoms with Gasteiger partial charge in [-0.3, -0.25) is 19.7 Å². The molecule has 1 N–H and O–H groups in total. The molecule has 2 aromatic heterocycles. The van der Waals surface area contributed by atoms with Crippen LogP contribution in [-0.4, -0.2) is 40.4 Å². The summed E-state index contributed by atoms with van der Waals surface area (Å²) in [5, 5.41) is 3.24. The summed E-state index contributed by atoms with van der Waals surface area (Å²) >= 11 is 0. The molecule has 0 bridgehead atoms. The largest absolute Gasteiger partial charge is 0.355 e. The molecule has 0 aliphatic carbocycles. The average molecular weight is 429 g/mol. The molecule has 1 unspecified atom stereocenters. The van der Waals surface area contributed by atoms with E-state index in [1.807, 2.05) is 36.9 Å². The van der Waals surface area contributed by atoms with Gasteiger partial charge in [-0.1, -0.05) is 38.1 Å². The van der Waals surface area contributed by atoms with Crippen LogP contribution in [0.4, 0.5) is 0 Å². The molecule has 166 valence electrons. The minimum Gasteiger partial charge on any atom is -0.355 e. The van der Waals surface area contributed by atoms with Crippen molar-refractivity contribution in [3.63, 3.8) is 0 Å². The minimum absolute atomic E-state index is 0.174. The Kier molecular flexibility index (Phi) is 6.96. The molecule has 4 rings (SSSR count). The van der Waals surface area contributed by atoms with Gasteiger partial charge in [-0.2, -0.15) is 0 Å². The third kappa shape index (κ3) is 5.22. The Morgan fingerprint density at radius 1 is 1.03 bits per heavy atom. The van der Waals surface area contributed by atoms with E-state index in [0.29, 0.717) is 12.5 Å². The fraction of sp³-hybridized carbons (Fsp3) is 0.370. The van der Waals surface area contributed by atoms with Gasteiger partial charge in [-0.05, 0) is 71.8 Å². The Bertz CT molecular complexity index is 1020. The predicted octanol–water partition coefficient (Wildman–Crippen LogP) is 4.35. The van der Waals surface area contributed by atoms with Crippen LogP contribution in [0, 0.1) is 11.3 Å². The van der Waals surface area contributed by atoms with Crippen LogP contribution >= 0.6 is 0 Å². The number of carbonyl (C=O) groups excluding carboxylic acids is 1. The fourth-order valence-electron chi connectivity index (χ4n) is 4.59. The van der Waals surface area contributed by atoms with E-state index in [4.69, 9.17) is 0 Å². The zero-order valence-corrected chi connectivity index (χ0v) is 19.0. The monoisotopic (exact) mass is 428 g/mol. The van der Waals surface area contributed by atoms with Crippen molar-refractivity contribution >= 4 is 5.91 Å². The summed E-state index contributed by atoms with van der Waals surface area (Å²) in [6, 6.07) is 16.6. The third-order valence-electron chi connectivity index (χ3n) is 6.28. The topological polar surface area (TPSA) is 58.1 Å². The van der Waals surface area contributed by atoms with Crippen molar-refractivity contribution in [2.75, 3.05) is 19.6 Å². The van der Waals surface area contributed by atoms with E-state index in [9.17, 15) is 4.79 Å². The van der Waals surface area contributed by atoms with E-state index in [-0.39, 0.29) is 5.91 Å². The van der Waals surface area contributed by atoms with E-state index in [1.165, 1.54) is 16.7 Å². The molecule has 1 saturated heterocycles. The number of hydrogen-bond acceptors (Lipinski definition) is 4. The maximum atomic E-state index is 13.6. The zero-order valence-electron chi connectivity index (χ0n) is 19.0. The molecule has 1 aliphatic rings. The molecule has 5 heteroatoms. The Hall–Kier alpha value is -3.05. The Balaban J connectivity index is 1.61. The smallest absolute Gasteiger partial charge is 0.227 e. The van der Waals surface area contributed by atoms with Crippen molar-refractivity contribution in [3.05, 3.63) is 84.4 Å². The number of nitrogens with one attached hydrogen (secondary N) is 1. The van der Waals surface area contributed by atoms with Gasteiger partial charge in [0.1, 0.15) is 0 Å².